The number of nitrogens with zero attached hydrogens (tertiary/aromatic N) is 1. The van der Waals surface area contributed by atoms with Gasteiger partial charge in [-0.05, 0) is 42.7 Å². The number of halogens is 1. The molecule has 2 heterocycles. The summed E-state index contributed by atoms with van der Waals surface area (Å²) in [6, 6.07) is 14.2. The predicted molar refractivity (Wildman–Crippen MR) is 118 cm³/mol. The zero-order valence-electron chi connectivity index (χ0n) is 17.0. The number of carbonyl (C=O) groups excluding carboxylic acids is 1. The minimum absolute atomic E-state index is 0.0679. The molecule has 0 radical (unpaired) electrons. The molecule has 2 aliphatic rings. The van der Waals surface area contributed by atoms with Gasteiger partial charge in [-0.1, -0.05) is 35.9 Å². The fourth-order valence-corrected chi connectivity index (χ4v) is 5.49. The van der Waals surface area contributed by atoms with Gasteiger partial charge in [0.05, 0.1) is 12.3 Å². The molecule has 0 saturated carbocycles. The quantitative estimate of drug-likeness (QED) is 0.710. The van der Waals surface area contributed by atoms with Crippen LogP contribution < -0.4 is 14.8 Å². The lowest BCUT2D eigenvalue weighted by atomic mass is 9.97. The zero-order valence-corrected chi connectivity index (χ0v) is 18.6. The van der Waals surface area contributed by atoms with Crippen LogP contribution in [0.15, 0.2) is 48.5 Å². The molecule has 31 heavy (non-hydrogen) atoms. The van der Waals surface area contributed by atoms with E-state index in [1.807, 2.05) is 24.3 Å². The highest BCUT2D eigenvalue weighted by Crippen LogP contribution is 2.30. The molecule has 0 aromatic heterocycles. The van der Waals surface area contributed by atoms with Crippen molar-refractivity contribution in [3.63, 3.8) is 0 Å². The van der Waals surface area contributed by atoms with E-state index < -0.39 is 10.0 Å². The van der Waals surface area contributed by atoms with E-state index in [0.717, 1.165) is 0 Å². The second-order valence-electron chi connectivity index (χ2n) is 7.80. The molecule has 0 spiro atoms. The molecule has 2 aliphatic heterocycles. The van der Waals surface area contributed by atoms with Crippen molar-refractivity contribution in [2.45, 2.75) is 24.7 Å². The minimum Gasteiger partial charge on any atom is -0.486 e. The van der Waals surface area contributed by atoms with Crippen LogP contribution in [-0.2, 0) is 20.6 Å². The Balaban J connectivity index is 1.24. The third-order valence-electron chi connectivity index (χ3n) is 5.55. The number of fused-ring (bicyclic) bond motifs is 1. The van der Waals surface area contributed by atoms with Crippen LogP contribution >= 0.6 is 11.6 Å². The highest BCUT2D eigenvalue weighted by Gasteiger charge is 2.31. The van der Waals surface area contributed by atoms with E-state index in [9.17, 15) is 13.2 Å². The number of rotatable bonds is 6. The molecule has 2 aromatic rings. The van der Waals surface area contributed by atoms with Crippen LogP contribution in [0.1, 0.15) is 18.4 Å². The first-order valence-electron chi connectivity index (χ1n) is 10.3. The predicted octanol–water partition coefficient (Wildman–Crippen LogP) is 2.84. The number of nitrogens with one attached hydrogen (secondary N) is 1. The van der Waals surface area contributed by atoms with Gasteiger partial charge in [0.15, 0.2) is 11.5 Å². The van der Waals surface area contributed by atoms with Gasteiger partial charge in [-0.15, -0.1) is 0 Å². The maximum absolute atomic E-state index is 12.7. The van der Waals surface area contributed by atoms with Crippen LogP contribution in [0.2, 0.25) is 5.02 Å². The summed E-state index contributed by atoms with van der Waals surface area (Å²) in [5, 5.41) is 3.50. The topological polar surface area (TPSA) is 84.9 Å². The smallest absolute Gasteiger partial charge is 0.223 e. The van der Waals surface area contributed by atoms with Crippen LogP contribution in [0.25, 0.3) is 0 Å². The van der Waals surface area contributed by atoms with Crippen molar-refractivity contribution in [2.75, 3.05) is 26.2 Å². The number of ether oxygens (including phenoxy) is 2. The summed E-state index contributed by atoms with van der Waals surface area (Å²) in [7, 11) is -3.43. The SMILES string of the molecule is O=C(NC[C@@H]1COc2ccccc2O1)C1CCN(S(=O)(=O)Cc2ccc(Cl)cc2)CC1. The Morgan fingerprint density at radius 3 is 2.45 bits per heavy atom. The van der Waals surface area contributed by atoms with Crippen LogP contribution in [0.3, 0.4) is 0 Å². The Bertz CT molecular complexity index is 1020. The Kier molecular flexibility index (Phi) is 6.69. The number of hydrogen-bond donors (Lipinski definition) is 1. The minimum atomic E-state index is -3.43. The van der Waals surface area contributed by atoms with Gasteiger partial charge in [0.2, 0.25) is 15.9 Å². The summed E-state index contributed by atoms with van der Waals surface area (Å²) >= 11 is 5.86. The van der Waals surface area contributed by atoms with Crippen LogP contribution in [0.4, 0.5) is 0 Å². The van der Waals surface area contributed by atoms with E-state index in [2.05, 4.69) is 5.32 Å². The van der Waals surface area contributed by atoms with E-state index in [-0.39, 0.29) is 23.7 Å². The highest BCUT2D eigenvalue weighted by atomic mass is 35.5. The molecule has 1 amide bonds. The van der Waals surface area contributed by atoms with Crippen molar-refractivity contribution in [2.24, 2.45) is 5.92 Å². The average Bonchev–Trinajstić information content (AvgIpc) is 2.79. The third kappa shape index (κ3) is 5.50. The number of piperidine rings is 1. The summed E-state index contributed by atoms with van der Waals surface area (Å²) in [5.41, 5.74) is 0.695. The molecule has 0 bridgehead atoms. The number of amides is 1. The van der Waals surface area contributed by atoms with E-state index in [1.165, 1.54) is 4.31 Å². The molecule has 0 aliphatic carbocycles. The first-order chi connectivity index (χ1) is 14.9. The molecule has 9 heteroatoms. The summed E-state index contributed by atoms with van der Waals surface area (Å²) in [4.78, 5) is 12.6. The van der Waals surface area contributed by atoms with Gasteiger partial charge < -0.3 is 14.8 Å². The molecule has 1 fully saturated rings. The van der Waals surface area contributed by atoms with E-state index in [1.54, 1.807) is 24.3 Å². The van der Waals surface area contributed by atoms with Gasteiger partial charge in [0.25, 0.3) is 0 Å². The molecule has 1 N–H and O–H groups in total. The second-order valence-corrected chi connectivity index (χ2v) is 10.2. The number of carbonyl (C=O) groups is 1. The van der Waals surface area contributed by atoms with E-state index in [4.69, 9.17) is 21.1 Å². The maximum atomic E-state index is 12.7. The van der Waals surface area contributed by atoms with E-state index in [0.29, 0.717) is 61.2 Å². The van der Waals surface area contributed by atoms with Crippen LogP contribution in [0.5, 0.6) is 11.5 Å². The lowest BCUT2D eigenvalue weighted by molar-refractivity contribution is -0.126. The summed E-state index contributed by atoms with van der Waals surface area (Å²) in [6.45, 7) is 1.40. The van der Waals surface area contributed by atoms with Crippen molar-refractivity contribution in [3.05, 3.63) is 59.1 Å². The molecular weight excluding hydrogens is 440 g/mol. The van der Waals surface area contributed by atoms with Crippen molar-refractivity contribution in [1.82, 2.24) is 9.62 Å². The van der Waals surface area contributed by atoms with Gasteiger partial charge in [0, 0.05) is 24.0 Å². The number of sulfonamides is 1. The van der Waals surface area contributed by atoms with Gasteiger partial charge in [-0.25, -0.2) is 12.7 Å². The van der Waals surface area contributed by atoms with Crippen molar-refractivity contribution in [3.8, 4) is 11.5 Å². The molecule has 7 nitrogen and oxygen atoms in total. The van der Waals surface area contributed by atoms with Crippen molar-refractivity contribution < 1.29 is 22.7 Å². The number of benzene rings is 2. The van der Waals surface area contributed by atoms with Crippen LogP contribution in [0, 0.1) is 5.92 Å². The second kappa shape index (κ2) is 9.46. The summed E-state index contributed by atoms with van der Waals surface area (Å²) < 4.78 is 38.4. The van der Waals surface area contributed by atoms with Gasteiger partial charge in [-0.2, -0.15) is 0 Å². The molecule has 4 rings (SSSR count). The molecule has 1 saturated heterocycles. The number of para-hydroxylation sites is 2. The average molecular weight is 465 g/mol. The van der Waals surface area contributed by atoms with Gasteiger partial charge >= 0.3 is 0 Å². The summed E-state index contributed by atoms with van der Waals surface area (Å²) in [5.74, 6) is 1.03. The van der Waals surface area contributed by atoms with Crippen LogP contribution in [-0.4, -0.2) is 51.0 Å². The fraction of sp³-hybridized carbons (Fsp3) is 0.409. The van der Waals surface area contributed by atoms with Crippen molar-refractivity contribution in [1.29, 1.82) is 0 Å². The normalized spacial score (nSPS) is 19.7. The van der Waals surface area contributed by atoms with Gasteiger partial charge in [-0.3, -0.25) is 4.79 Å². The fourth-order valence-electron chi connectivity index (χ4n) is 3.80. The summed E-state index contributed by atoms with van der Waals surface area (Å²) in [6.07, 6.45) is 0.742. The first-order valence-corrected chi connectivity index (χ1v) is 12.3. The largest absolute Gasteiger partial charge is 0.486 e. The Hall–Kier alpha value is -2.29. The standard InChI is InChI=1S/C22H25ClN2O5S/c23-18-7-5-16(6-8-18)15-31(27,28)25-11-9-17(10-12-25)22(26)24-13-19-14-29-20-3-1-2-4-21(20)30-19/h1-8,17,19H,9-15H2,(H,24,26)/t19-/m1/s1. The lowest BCUT2D eigenvalue weighted by Gasteiger charge is -2.31. The maximum Gasteiger partial charge on any atom is 0.223 e. The molecular formula is C22H25ClN2O5S. The Labute approximate surface area is 187 Å². The van der Waals surface area contributed by atoms with Crippen molar-refractivity contribution >= 4 is 27.5 Å². The molecule has 166 valence electrons. The Morgan fingerprint density at radius 1 is 1.06 bits per heavy atom. The lowest BCUT2D eigenvalue weighted by Crippen LogP contribution is -2.46. The number of hydrogen-bond acceptors (Lipinski definition) is 5. The third-order valence-corrected chi connectivity index (χ3v) is 7.65. The van der Waals surface area contributed by atoms with E-state index >= 15 is 0 Å². The highest BCUT2D eigenvalue weighted by molar-refractivity contribution is 7.88. The molecule has 2 aromatic carbocycles. The molecule has 1 atom stereocenters. The molecule has 0 unspecified atom stereocenters. The zero-order chi connectivity index (χ0) is 21.8. The Morgan fingerprint density at radius 2 is 1.74 bits per heavy atom. The first kappa shape index (κ1) is 21.9. The monoisotopic (exact) mass is 464 g/mol. The van der Waals surface area contributed by atoms with Gasteiger partial charge in [0.1, 0.15) is 12.7 Å².